The Labute approximate surface area is 146 Å². The maximum absolute atomic E-state index is 12.2. The minimum Gasteiger partial charge on any atom is -0.336 e. The Morgan fingerprint density at radius 1 is 1.09 bits per heavy atom. The van der Waals surface area contributed by atoms with Crippen LogP contribution in [0.2, 0.25) is 0 Å². The van der Waals surface area contributed by atoms with Crippen LogP contribution in [0.3, 0.4) is 0 Å². The van der Waals surface area contributed by atoms with Crippen LogP contribution in [0, 0.1) is 0 Å². The molecule has 1 unspecified atom stereocenters. The van der Waals surface area contributed by atoms with Crippen molar-refractivity contribution in [3.8, 4) is 0 Å². The van der Waals surface area contributed by atoms with Crippen LogP contribution in [-0.4, -0.2) is 47.9 Å². The molecule has 0 aliphatic carbocycles. The van der Waals surface area contributed by atoms with E-state index in [1.54, 1.807) is 6.92 Å². The number of hydrogen-bond donors (Lipinski definition) is 1. The number of amides is 1. The molecule has 0 aliphatic rings. The Kier molecular flexibility index (Phi) is 13.5. The summed E-state index contributed by atoms with van der Waals surface area (Å²) < 4.78 is 0. The van der Waals surface area contributed by atoms with Gasteiger partial charge in [-0.05, 0) is 25.6 Å². The van der Waals surface area contributed by atoms with Gasteiger partial charge < -0.3 is 15.5 Å². The van der Waals surface area contributed by atoms with E-state index < -0.39 is 6.04 Å². The van der Waals surface area contributed by atoms with Gasteiger partial charge in [-0.2, -0.15) is 0 Å². The number of halogens is 2. The van der Waals surface area contributed by atoms with E-state index in [1.807, 2.05) is 35.2 Å². The van der Waals surface area contributed by atoms with Crippen molar-refractivity contribution in [1.29, 1.82) is 0 Å². The van der Waals surface area contributed by atoms with Gasteiger partial charge in [0.1, 0.15) is 0 Å². The molecule has 0 aliphatic heterocycles. The summed E-state index contributed by atoms with van der Waals surface area (Å²) in [6.45, 7) is 10.3. The van der Waals surface area contributed by atoms with E-state index in [1.165, 1.54) is 0 Å². The Bertz CT molecular complexity index is 398. The van der Waals surface area contributed by atoms with Crippen molar-refractivity contribution < 1.29 is 4.79 Å². The molecular weight excluding hydrogens is 321 g/mol. The number of carbonyl (C=O) groups is 1. The molecule has 1 aromatic rings. The van der Waals surface area contributed by atoms with Crippen molar-refractivity contribution in [1.82, 2.24) is 9.80 Å². The molecular formula is C16H29Cl2N3O. The van der Waals surface area contributed by atoms with Gasteiger partial charge in [0, 0.05) is 19.6 Å². The van der Waals surface area contributed by atoms with E-state index in [4.69, 9.17) is 5.73 Å². The first kappa shape index (κ1) is 23.5. The van der Waals surface area contributed by atoms with Crippen LogP contribution >= 0.6 is 24.8 Å². The molecule has 6 heteroatoms. The van der Waals surface area contributed by atoms with E-state index in [0.29, 0.717) is 6.54 Å². The summed E-state index contributed by atoms with van der Waals surface area (Å²) in [4.78, 5) is 16.4. The Balaban J connectivity index is 0. The van der Waals surface area contributed by atoms with E-state index in [0.717, 1.165) is 31.7 Å². The third kappa shape index (κ3) is 7.99. The van der Waals surface area contributed by atoms with Crippen LogP contribution < -0.4 is 5.73 Å². The Morgan fingerprint density at radius 2 is 1.64 bits per heavy atom. The van der Waals surface area contributed by atoms with Gasteiger partial charge in [-0.1, -0.05) is 44.2 Å². The molecule has 4 nitrogen and oxygen atoms in total. The van der Waals surface area contributed by atoms with E-state index in [2.05, 4.69) is 18.7 Å². The average Bonchev–Trinajstić information content (AvgIpc) is 2.47. The molecule has 0 heterocycles. The van der Waals surface area contributed by atoms with Crippen molar-refractivity contribution in [3.63, 3.8) is 0 Å². The number of likely N-dealkylation sites (N-methyl/N-ethyl adjacent to an activating group) is 1. The SMILES string of the molecule is CCN(CC)CCN(Cc1ccccc1)C(=O)C(C)N.Cl.Cl. The fourth-order valence-corrected chi connectivity index (χ4v) is 2.16. The third-order valence-electron chi connectivity index (χ3n) is 3.50. The molecule has 128 valence electrons. The highest BCUT2D eigenvalue weighted by Gasteiger charge is 2.18. The van der Waals surface area contributed by atoms with Gasteiger partial charge in [0.05, 0.1) is 6.04 Å². The van der Waals surface area contributed by atoms with Crippen molar-refractivity contribution in [2.45, 2.75) is 33.4 Å². The van der Waals surface area contributed by atoms with E-state index in [-0.39, 0.29) is 30.7 Å². The Hall–Kier alpha value is -0.810. The van der Waals surface area contributed by atoms with Gasteiger partial charge in [-0.15, -0.1) is 24.8 Å². The molecule has 2 N–H and O–H groups in total. The second-order valence-corrected chi connectivity index (χ2v) is 5.06. The normalized spacial score (nSPS) is 11.3. The second-order valence-electron chi connectivity index (χ2n) is 5.06. The lowest BCUT2D eigenvalue weighted by atomic mass is 10.2. The number of hydrogen-bond acceptors (Lipinski definition) is 3. The van der Waals surface area contributed by atoms with Gasteiger partial charge in [-0.25, -0.2) is 0 Å². The summed E-state index contributed by atoms with van der Waals surface area (Å²) in [5.74, 6) is 0.0148. The molecule has 22 heavy (non-hydrogen) atoms. The number of carbonyl (C=O) groups excluding carboxylic acids is 1. The van der Waals surface area contributed by atoms with Crippen LogP contribution in [0.5, 0.6) is 0 Å². The molecule has 0 bridgehead atoms. The first-order valence-corrected chi connectivity index (χ1v) is 7.39. The quantitative estimate of drug-likeness (QED) is 0.784. The van der Waals surface area contributed by atoms with Gasteiger partial charge in [-0.3, -0.25) is 4.79 Å². The number of rotatable bonds is 8. The monoisotopic (exact) mass is 349 g/mol. The standard InChI is InChI=1S/C16H27N3O.2ClH/c1-4-18(5-2)11-12-19(16(20)14(3)17)13-15-9-7-6-8-10-15;;/h6-10,14H,4-5,11-13,17H2,1-3H3;2*1H. The van der Waals surface area contributed by atoms with Gasteiger partial charge in [0.25, 0.3) is 0 Å². The minimum atomic E-state index is -0.449. The van der Waals surface area contributed by atoms with Crippen LogP contribution in [0.1, 0.15) is 26.3 Å². The lowest BCUT2D eigenvalue weighted by Crippen LogP contribution is -2.45. The van der Waals surface area contributed by atoms with Gasteiger partial charge in [0.15, 0.2) is 0 Å². The highest BCUT2D eigenvalue weighted by molar-refractivity contribution is 5.85. The van der Waals surface area contributed by atoms with Gasteiger partial charge >= 0.3 is 0 Å². The smallest absolute Gasteiger partial charge is 0.239 e. The molecule has 0 saturated carbocycles. The predicted molar refractivity (Wildman–Crippen MR) is 97.8 cm³/mol. The van der Waals surface area contributed by atoms with Crippen molar-refractivity contribution >= 4 is 30.7 Å². The molecule has 0 radical (unpaired) electrons. The largest absolute Gasteiger partial charge is 0.336 e. The van der Waals surface area contributed by atoms with Crippen molar-refractivity contribution in [2.75, 3.05) is 26.2 Å². The van der Waals surface area contributed by atoms with Crippen molar-refractivity contribution in [3.05, 3.63) is 35.9 Å². The summed E-state index contributed by atoms with van der Waals surface area (Å²) in [5, 5.41) is 0. The molecule has 0 spiro atoms. The number of benzene rings is 1. The number of nitrogens with two attached hydrogens (primary N) is 1. The van der Waals surface area contributed by atoms with Crippen LogP contribution in [0.25, 0.3) is 0 Å². The van der Waals surface area contributed by atoms with E-state index >= 15 is 0 Å². The molecule has 0 aromatic heterocycles. The van der Waals surface area contributed by atoms with Gasteiger partial charge in [0.2, 0.25) is 5.91 Å². The molecule has 0 fully saturated rings. The lowest BCUT2D eigenvalue weighted by molar-refractivity contribution is -0.133. The first-order chi connectivity index (χ1) is 9.58. The second kappa shape index (κ2) is 12.7. The molecule has 0 saturated heterocycles. The fourth-order valence-electron chi connectivity index (χ4n) is 2.16. The highest BCUT2D eigenvalue weighted by Crippen LogP contribution is 2.06. The topological polar surface area (TPSA) is 49.6 Å². The maximum Gasteiger partial charge on any atom is 0.239 e. The highest BCUT2D eigenvalue weighted by atomic mass is 35.5. The average molecular weight is 350 g/mol. The minimum absolute atomic E-state index is 0. The van der Waals surface area contributed by atoms with Crippen LogP contribution in [-0.2, 0) is 11.3 Å². The third-order valence-corrected chi connectivity index (χ3v) is 3.50. The first-order valence-electron chi connectivity index (χ1n) is 7.39. The van der Waals surface area contributed by atoms with Crippen LogP contribution in [0.4, 0.5) is 0 Å². The Morgan fingerprint density at radius 3 is 2.09 bits per heavy atom. The maximum atomic E-state index is 12.2. The summed E-state index contributed by atoms with van der Waals surface area (Å²) in [6, 6.07) is 9.60. The molecule has 1 amide bonds. The predicted octanol–water partition coefficient (Wildman–Crippen LogP) is 2.55. The zero-order valence-electron chi connectivity index (χ0n) is 13.7. The molecule has 1 aromatic carbocycles. The molecule has 1 atom stereocenters. The lowest BCUT2D eigenvalue weighted by Gasteiger charge is -2.28. The zero-order valence-corrected chi connectivity index (χ0v) is 15.3. The van der Waals surface area contributed by atoms with Crippen LogP contribution in [0.15, 0.2) is 30.3 Å². The summed E-state index contributed by atoms with van der Waals surface area (Å²) in [7, 11) is 0. The van der Waals surface area contributed by atoms with Crippen molar-refractivity contribution in [2.24, 2.45) is 5.73 Å². The zero-order chi connectivity index (χ0) is 15.0. The van der Waals surface area contributed by atoms with E-state index in [9.17, 15) is 4.79 Å². The molecule has 1 rings (SSSR count). The fraction of sp³-hybridized carbons (Fsp3) is 0.562. The summed E-state index contributed by atoms with van der Waals surface area (Å²) in [6.07, 6.45) is 0. The number of nitrogens with zero attached hydrogens (tertiary/aromatic N) is 2. The summed E-state index contributed by atoms with van der Waals surface area (Å²) >= 11 is 0. The summed E-state index contributed by atoms with van der Waals surface area (Å²) in [5.41, 5.74) is 6.90.